The number of likely N-dealkylation sites (tertiary alicyclic amines) is 1. The van der Waals surface area contributed by atoms with Crippen LogP contribution >= 0.6 is 27.7 Å². The number of carbonyl (C=O) groups excluding carboxylic acids is 1. The standard InChI is InChI=1S/C21H25BrN6O2S/c1-13(29)27-8-5-14(6-9-27)7-10-28-12-24-19(23)18-20(28)26-21(25-18)31-17-11-15(30-2)3-4-16(17)22/h3-4,11-12,14H,5-10,23H2,1-2H3. The van der Waals surface area contributed by atoms with Crippen LogP contribution in [0.25, 0.3) is 11.5 Å². The number of anilines is 1. The van der Waals surface area contributed by atoms with Crippen molar-refractivity contribution >= 4 is 39.4 Å². The van der Waals surface area contributed by atoms with Crippen LogP contribution in [-0.4, -0.2) is 50.5 Å². The summed E-state index contributed by atoms with van der Waals surface area (Å²) in [5.41, 5.74) is 6.71. The van der Waals surface area contributed by atoms with Crippen molar-refractivity contribution in [2.75, 3.05) is 25.9 Å². The number of halogens is 1. The van der Waals surface area contributed by atoms with Crippen LogP contribution in [0.1, 0.15) is 26.2 Å². The van der Waals surface area contributed by atoms with Crippen LogP contribution in [0, 0.1) is 5.92 Å². The van der Waals surface area contributed by atoms with Gasteiger partial charge in [0.1, 0.15) is 5.75 Å². The van der Waals surface area contributed by atoms with Crippen LogP contribution < -0.4 is 10.5 Å². The van der Waals surface area contributed by atoms with Crippen LogP contribution in [0.15, 0.2) is 39.1 Å². The molecule has 3 aliphatic rings. The highest BCUT2D eigenvalue weighted by Crippen LogP contribution is 2.37. The minimum atomic E-state index is 0.164. The molecular formula is C21H25BrN6O2S. The SMILES string of the molecule is COc1ccc(Br)c(Sc2nc3c(N)ncn(CCC4CCN(C(C)=O)CC4)c-3n2)c1. The molecule has 0 atom stereocenters. The second-order valence-electron chi connectivity index (χ2n) is 7.64. The lowest BCUT2D eigenvalue weighted by molar-refractivity contribution is -0.130. The van der Waals surface area contributed by atoms with Gasteiger partial charge in [-0.3, -0.25) is 4.79 Å². The zero-order valence-electron chi connectivity index (χ0n) is 17.5. The zero-order chi connectivity index (χ0) is 22.0. The summed E-state index contributed by atoms with van der Waals surface area (Å²) >= 11 is 5.03. The number of aromatic nitrogens is 4. The molecule has 8 nitrogen and oxygen atoms in total. The summed E-state index contributed by atoms with van der Waals surface area (Å²) in [4.78, 5) is 28.1. The molecule has 0 unspecified atom stereocenters. The largest absolute Gasteiger partial charge is 0.497 e. The molecule has 0 bridgehead atoms. The summed E-state index contributed by atoms with van der Waals surface area (Å²) in [6.45, 7) is 4.11. The Morgan fingerprint density at radius 1 is 1.32 bits per heavy atom. The first kappa shape index (κ1) is 21.9. The second-order valence-corrected chi connectivity index (χ2v) is 9.50. The van der Waals surface area contributed by atoms with Gasteiger partial charge < -0.3 is 19.9 Å². The van der Waals surface area contributed by atoms with E-state index in [1.54, 1.807) is 20.4 Å². The molecule has 0 radical (unpaired) electrons. The fourth-order valence-electron chi connectivity index (χ4n) is 3.79. The highest BCUT2D eigenvalue weighted by Gasteiger charge is 2.23. The van der Waals surface area contributed by atoms with Crippen molar-refractivity contribution in [2.45, 2.75) is 42.8 Å². The molecule has 0 aliphatic carbocycles. The van der Waals surface area contributed by atoms with E-state index >= 15 is 0 Å². The van der Waals surface area contributed by atoms with Gasteiger partial charge in [0.25, 0.3) is 0 Å². The van der Waals surface area contributed by atoms with Gasteiger partial charge in [0.2, 0.25) is 5.91 Å². The van der Waals surface area contributed by atoms with E-state index in [9.17, 15) is 4.79 Å². The minimum absolute atomic E-state index is 0.164. The monoisotopic (exact) mass is 504 g/mol. The highest BCUT2D eigenvalue weighted by atomic mass is 79.9. The predicted molar refractivity (Wildman–Crippen MR) is 123 cm³/mol. The molecule has 4 rings (SSSR count). The molecule has 2 N–H and O–H groups in total. The molecule has 0 saturated carbocycles. The first-order valence-electron chi connectivity index (χ1n) is 10.2. The van der Waals surface area contributed by atoms with Gasteiger partial charge in [0, 0.05) is 35.9 Å². The number of rotatable bonds is 6. The maximum Gasteiger partial charge on any atom is 0.219 e. The summed E-state index contributed by atoms with van der Waals surface area (Å²) in [5, 5.41) is 0.618. The Kier molecular flexibility index (Phi) is 6.66. The number of nitrogens with zero attached hydrogens (tertiary/aromatic N) is 5. The fourth-order valence-corrected chi connectivity index (χ4v) is 5.08. The molecule has 1 amide bonds. The number of hydrogen-bond acceptors (Lipinski definition) is 7. The Labute approximate surface area is 194 Å². The number of methoxy groups -OCH3 is 1. The number of imidazole rings is 1. The lowest BCUT2D eigenvalue weighted by Gasteiger charge is -2.31. The maximum absolute atomic E-state index is 11.5. The second kappa shape index (κ2) is 9.44. The van der Waals surface area contributed by atoms with Gasteiger partial charge in [0.15, 0.2) is 22.5 Å². The molecule has 1 fully saturated rings. The van der Waals surface area contributed by atoms with E-state index in [4.69, 9.17) is 15.5 Å². The van der Waals surface area contributed by atoms with Crippen LogP contribution in [-0.2, 0) is 11.3 Å². The minimum Gasteiger partial charge on any atom is -0.497 e. The number of nitrogen functional groups attached to an aromatic ring is 1. The molecule has 1 aromatic rings. The number of fused-ring (bicyclic) bond motifs is 1. The van der Waals surface area contributed by atoms with E-state index in [-0.39, 0.29) is 5.91 Å². The normalized spacial score (nSPS) is 14.9. The Hall–Kier alpha value is -2.33. The summed E-state index contributed by atoms with van der Waals surface area (Å²) < 4.78 is 8.30. The summed E-state index contributed by atoms with van der Waals surface area (Å²) in [6, 6.07) is 5.78. The molecule has 0 spiro atoms. The third-order valence-electron chi connectivity index (χ3n) is 5.65. The molecule has 3 aliphatic heterocycles. The van der Waals surface area contributed by atoms with Crippen molar-refractivity contribution in [1.29, 1.82) is 0 Å². The number of nitrogens with two attached hydrogens (primary N) is 1. The third kappa shape index (κ3) is 4.95. The Morgan fingerprint density at radius 2 is 2.10 bits per heavy atom. The lowest BCUT2D eigenvalue weighted by Crippen LogP contribution is -2.37. The molecule has 31 heavy (non-hydrogen) atoms. The van der Waals surface area contributed by atoms with Gasteiger partial charge in [-0.25, -0.2) is 15.0 Å². The Balaban J connectivity index is 1.49. The van der Waals surface area contributed by atoms with Crippen molar-refractivity contribution < 1.29 is 9.53 Å². The third-order valence-corrected chi connectivity index (χ3v) is 7.53. The van der Waals surface area contributed by atoms with Crippen molar-refractivity contribution in [3.8, 4) is 17.3 Å². The Morgan fingerprint density at radius 3 is 2.81 bits per heavy atom. The molecular weight excluding hydrogens is 480 g/mol. The quantitative estimate of drug-likeness (QED) is 0.542. The van der Waals surface area contributed by atoms with E-state index in [2.05, 4.69) is 25.9 Å². The topological polar surface area (TPSA) is 99.2 Å². The fraction of sp³-hybridized carbons (Fsp3) is 0.429. The molecule has 1 saturated heterocycles. The number of benzene rings is 1. The molecule has 1 aromatic carbocycles. The van der Waals surface area contributed by atoms with Gasteiger partial charge in [-0.1, -0.05) is 0 Å². The van der Waals surface area contributed by atoms with Gasteiger partial charge in [-0.05, 0) is 71.1 Å². The average Bonchev–Trinajstić information content (AvgIpc) is 3.20. The smallest absolute Gasteiger partial charge is 0.219 e. The number of piperidine rings is 1. The van der Waals surface area contributed by atoms with Crippen molar-refractivity contribution in [3.05, 3.63) is 29.0 Å². The van der Waals surface area contributed by atoms with Crippen LogP contribution in [0.4, 0.5) is 5.82 Å². The van der Waals surface area contributed by atoms with E-state index in [0.717, 1.165) is 59.8 Å². The number of ether oxygens (including phenoxy) is 1. The van der Waals surface area contributed by atoms with E-state index in [1.807, 2.05) is 27.7 Å². The summed E-state index contributed by atoms with van der Waals surface area (Å²) in [5.74, 6) is 2.64. The Bertz CT molecular complexity index is 1050. The van der Waals surface area contributed by atoms with Gasteiger partial charge in [-0.15, -0.1) is 0 Å². The number of hydrogen-bond donors (Lipinski definition) is 1. The average molecular weight is 505 g/mol. The van der Waals surface area contributed by atoms with Crippen LogP contribution in [0.3, 0.4) is 0 Å². The van der Waals surface area contributed by atoms with E-state index < -0.39 is 0 Å². The summed E-state index contributed by atoms with van der Waals surface area (Å²) in [6.07, 6.45) is 4.81. The van der Waals surface area contributed by atoms with Gasteiger partial charge in [0.05, 0.1) is 13.4 Å². The first-order valence-corrected chi connectivity index (χ1v) is 11.8. The predicted octanol–water partition coefficient (Wildman–Crippen LogP) is 3.93. The van der Waals surface area contributed by atoms with E-state index in [1.165, 1.54) is 11.8 Å². The molecule has 3 heterocycles. The van der Waals surface area contributed by atoms with E-state index in [0.29, 0.717) is 22.6 Å². The first-order chi connectivity index (χ1) is 14.9. The molecule has 10 heteroatoms. The summed E-state index contributed by atoms with van der Waals surface area (Å²) in [7, 11) is 1.64. The van der Waals surface area contributed by atoms with Gasteiger partial charge in [-0.2, -0.15) is 0 Å². The van der Waals surface area contributed by atoms with Gasteiger partial charge >= 0.3 is 0 Å². The number of carbonyl (C=O) groups is 1. The molecule has 164 valence electrons. The van der Waals surface area contributed by atoms with Crippen molar-refractivity contribution in [2.24, 2.45) is 5.92 Å². The number of amides is 1. The number of aryl methyl sites for hydroxylation is 1. The highest BCUT2D eigenvalue weighted by molar-refractivity contribution is 9.10. The zero-order valence-corrected chi connectivity index (χ0v) is 19.9. The van der Waals surface area contributed by atoms with Crippen LogP contribution in [0.2, 0.25) is 0 Å². The molecule has 0 aromatic heterocycles. The lowest BCUT2D eigenvalue weighted by atomic mass is 9.93. The maximum atomic E-state index is 11.5. The van der Waals surface area contributed by atoms with Crippen LogP contribution in [0.5, 0.6) is 5.75 Å². The van der Waals surface area contributed by atoms with Crippen molar-refractivity contribution in [1.82, 2.24) is 24.4 Å². The van der Waals surface area contributed by atoms with Crippen molar-refractivity contribution in [3.63, 3.8) is 0 Å².